The molecule has 0 aliphatic carbocycles. The number of hydrogen-bond acceptors (Lipinski definition) is 4. The van der Waals surface area contributed by atoms with Gasteiger partial charge in [-0.25, -0.2) is 8.42 Å². The van der Waals surface area contributed by atoms with Crippen LogP contribution < -0.4 is 0 Å². The second-order valence-electron chi connectivity index (χ2n) is 2.70. The van der Waals surface area contributed by atoms with Crippen molar-refractivity contribution < 1.29 is 17.2 Å². The maximum absolute atomic E-state index is 9.22. The number of rotatable bonds is 2. The second kappa shape index (κ2) is 6.84. The van der Waals surface area contributed by atoms with Gasteiger partial charge in [-0.15, -0.1) is 0 Å². The maximum Gasteiger partial charge on any atom is 0.217 e. The molecule has 0 bridgehead atoms. The summed E-state index contributed by atoms with van der Waals surface area (Å²) in [5.74, 6) is 0. The summed E-state index contributed by atoms with van der Waals surface area (Å²) < 4.78 is 31.0. The first-order valence-corrected chi connectivity index (χ1v) is 7.38. The van der Waals surface area contributed by atoms with Gasteiger partial charge in [0.15, 0.2) is 4.90 Å². The van der Waals surface area contributed by atoms with Gasteiger partial charge in [0.1, 0.15) is 12.5 Å². The Kier molecular flexibility index (Phi) is 6.58. The minimum Gasteiger partial charge on any atom is -0.726 e. The van der Waals surface area contributed by atoms with Crippen molar-refractivity contribution >= 4 is 21.3 Å². The summed E-state index contributed by atoms with van der Waals surface area (Å²) in [5.41, 5.74) is 0. The lowest BCUT2D eigenvalue weighted by atomic mass is 10.4. The minimum absolute atomic E-state index is 0.421. The lowest BCUT2D eigenvalue weighted by Gasteiger charge is -1.98. The molecule has 4 nitrogen and oxygen atoms in total. The smallest absolute Gasteiger partial charge is 0.217 e. The molecule has 0 fully saturated rings. The van der Waals surface area contributed by atoms with Crippen LogP contribution in [0.3, 0.4) is 0 Å². The van der Waals surface area contributed by atoms with Gasteiger partial charge < -0.3 is 4.55 Å². The highest BCUT2D eigenvalue weighted by molar-refractivity contribution is 7.95. The van der Waals surface area contributed by atoms with Gasteiger partial charge in [-0.3, -0.25) is 4.18 Å². The fourth-order valence-electron chi connectivity index (χ4n) is 0.693. The second-order valence-corrected chi connectivity index (χ2v) is 5.96. The quantitative estimate of drug-likeness (QED) is 0.446. The van der Waals surface area contributed by atoms with Crippen LogP contribution in [-0.4, -0.2) is 32.6 Å². The first-order chi connectivity index (χ1) is 6.87. The van der Waals surface area contributed by atoms with Crippen molar-refractivity contribution in [2.24, 2.45) is 0 Å². The van der Waals surface area contributed by atoms with Crippen molar-refractivity contribution in [2.75, 3.05) is 19.6 Å². The zero-order valence-corrected chi connectivity index (χ0v) is 10.5. The van der Waals surface area contributed by atoms with Gasteiger partial charge >= 0.3 is 0 Å². The van der Waals surface area contributed by atoms with Crippen molar-refractivity contribution in [3.63, 3.8) is 0 Å². The molecule has 0 saturated heterocycles. The van der Waals surface area contributed by atoms with E-state index in [1.165, 1.54) is 4.90 Å². The number of benzene rings is 1. The summed E-state index contributed by atoms with van der Waals surface area (Å²) in [6, 6.07) is 10.6. The molecule has 0 amide bonds. The average Bonchev–Trinajstić information content (AvgIpc) is 2.19. The average molecular weight is 250 g/mol. The van der Waals surface area contributed by atoms with Crippen molar-refractivity contribution in [1.82, 2.24) is 0 Å². The van der Waals surface area contributed by atoms with Crippen molar-refractivity contribution in [2.45, 2.75) is 4.90 Å². The van der Waals surface area contributed by atoms with Crippen LogP contribution in [0.4, 0.5) is 0 Å². The van der Waals surface area contributed by atoms with Gasteiger partial charge in [0.05, 0.1) is 7.11 Å². The molecule has 6 heteroatoms. The lowest BCUT2D eigenvalue weighted by Crippen LogP contribution is -1.97. The molecule has 0 N–H and O–H groups in total. The Morgan fingerprint density at radius 1 is 1.20 bits per heavy atom. The van der Waals surface area contributed by atoms with Crippen LogP contribution in [0, 0.1) is 0 Å². The Hall–Kier alpha value is -0.560. The maximum atomic E-state index is 9.22. The predicted molar refractivity (Wildman–Crippen MR) is 60.6 cm³/mol. The van der Waals surface area contributed by atoms with E-state index in [9.17, 15) is 13.0 Å². The van der Waals surface area contributed by atoms with Gasteiger partial charge in [0.25, 0.3) is 0 Å². The fraction of sp³-hybridized carbons (Fsp3) is 0.333. The highest BCUT2D eigenvalue weighted by Crippen LogP contribution is 2.05. The molecule has 0 aliphatic rings. The molecule has 0 spiro atoms. The summed E-state index contributed by atoms with van der Waals surface area (Å²) >= 11 is 0. The predicted octanol–water partition coefficient (Wildman–Crippen LogP) is 1.02. The van der Waals surface area contributed by atoms with E-state index in [0.717, 1.165) is 7.11 Å². The first-order valence-electron chi connectivity index (χ1n) is 4.01. The largest absolute Gasteiger partial charge is 0.726 e. The van der Waals surface area contributed by atoms with Crippen molar-refractivity contribution in [3.8, 4) is 0 Å². The van der Waals surface area contributed by atoms with Crippen molar-refractivity contribution in [3.05, 3.63) is 30.3 Å². The molecule has 0 aliphatic heterocycles. The van der Waals surface area contributed by atoms with Gasteiger partial charge in [-0.05, 0) is 12.1 Å². The monoisotopic (exact) mass is 250 g/mol. The Bertz CT molecular complexity index is 359. The number of hydrogen-bond donors (Lipinski definition) is 0. The Morgan fingerprint density at radius 3 is 1.80 bits per heavy atom. The van der Waals surface area contributed by atoms with Crippen LogP contribution in [0.2, 0.25) is 0 Å². The summed E-state index contributed by atoms with van der Waals surface area (Å²) in [6.45, 7) is 0. The van der Waals surface area contributed by atoms with E-state index in [-0.39, 0.29) is 0 Å². The zero-order valence-electron chi connectivity index (χ0n) is 8.84. The first kappa shape index (κ1) is 14.4. The molecule has 0 radical (unpaired) electrons. The van der Waals surface area contributed by atoms with Gasteiger partial charge in [-0.2, -0.15) is 0 Å². The molecule has 15 heavy (non-hydrogen) atoms. The Balaban J connectivity index is 0.000000288. The van der Waals surface area contributed by atoms with Crippen LogP contribution in [-0.2, 0) is 25.5 Å². The van der Waals surface area contributed by atoms with Crippen LogP contribution in [0.1, 0.15) is 0 Å². The van der Waals surface area contributed by atoms with Gasteiger partial charge in [0, 0.05) is 10.9 Å². The highest BCUT2D eigenvalue weighted by atomic mass is 32.3. The van der Waals surface area contributed by atoms with Crippen LogP contribution >= 0.6 is 0 Å². The molecule has 1 aromatic carbocycles. The van der Waals surface area contributed by atoms with E-state index in [1.54, 1.807) is 0 Å². The minimum atomic E-state index is -4.41. The summed E-state index contributed by atoms with van der Waals surface area (Å²) in [4.78, 5) is 1.44. The van der Waals surface area contributed by atoms with Crippen LogP contribution in [0.15, 0.2) is 35.2 Å². The van der Waals surface area contributed by atoms with Gasteiger partial charge in [0.2, 0.25) is 10.4 Å². The molecule has 0 saturated carbocycles. The SMILES string of the molecule is COS(=O)(=O)[O-].C[S+](C)c1ccccc1. The Morgan fingerprint density at radius 2 is 1.60 bits per heavy atom. The molecule has 1 rings (SSSR count). The van der Waals surface area contributed by atoms with E-state index in [4.69, 9.17) is 0 Å². The third-order valence-corrected chi connectivity index (χ3v) is 3.04. The van der Waals surface area contributed by atoms with E-state index >= 15 is 0 Å². The highest BCUT2D eigenvalue weighted by Gasteiger charge is 2.03. The molecule has 0 atom stereocenters. The third-order valence-electron chi connectivity index (χ3n) is 1.42. The zero-order chi connectivity index (χ0) is 11.9. The lowest BCUT2D eigenvalue weighted by molar-refractivity contribution is 0.314. The molecule has 0 heterocycles. The third kappa shape index (κ3) is 8.44. The fourth-order valence-corrected chi connectivity index (χ4v) is 1.39. The molecular weight excluding hydrogens is 236 g/mol. The topological polar surface area (TPSA) is 66.4 Å². The van der Waals surface area contributed by atoms with Crippen molar-refractivity contribution in [1.29, 1.82) is 0 Å². The molecular formula is C9H14O4S2. The molecule has 0 aromatic heterocycles. The summed E-state index contributed by atoms with van der Waals surface area (Å²) in [7, 11) is -3.18. The normalized spacial score (nSPS) is 10.7. The standard InChI is InChI=1S/C8H11S.CH4O4S/c1-9(2)8-6-4-3-5-7-8;1-5-6(2,3)4/h3-7H,1-2H3;1H3,(H,2,3,4)/q+1;/p-1. The molecule has 1 aromatic rings. The van der Waals surface area contributed by atoms with Crippen LogP contribution in [0.5, 0.6) is 0 Å². The molecule has 0 unspecified atom stereocenters. The van der Waals surface area contributed by atoms with E-state index in [0.29, 0.717) is 10.9 Å². The summed E-state index contributed by atoms with van der Waals surface area (Å²) in [5, 5.41) is 0. The Labute approximate surface area is 93.6 Å². The van der Waals surface area contributed by atoms with E-state index < -0.39 is 10.4 Å². The summed E-state index contributed by atoms with van der Waals surface area (Å²) in [6.07, 6.45) is 4.46. The van der Waals surface area contributed by atoms with Gasteiger partial charge in [-0.1, -0.05) is 18.2 Å². The molecule has 86 valence electrons. The van der Waals surface area contributed by atoms with Crippen LogP contribution in [0.25, 0.3) is 0 Å². The van der Waals surface area contributed by atoms with E-state index in [2.05, 4.69) is 47.0 Å². The van der Waals surface area contributed by atoms with E-state index in [1.807, 2.05) is 0 Å².